The minimum absolute atomic E-state index is 0.201. The molecule has 0 fully saturated rings. The van der Waals surface area contributed by atoms with E-state index in [1.807, 2.05) is 0 Å². The Morgan fingerprint density at radius 2 is 1.83 bits per heavy atom. The first-order valence-corrected chi connectivity index (χ1v) is 9.43. The van der Waals surface area contributed by atoms with Crippen LogP contribution < -0.4 is 0 Å². The molecule has 0 heterocycles. The van der Waals surface area contributed by atoms with E-state index in [9.17, 15) is 0 Å². The Bertz CT molecular complexity index is 184. The van der Waals surface area contributed by atoms with Gasteiger partial charge in [-0.15, -0.1) is 11.4 Å². The third kappa shape index (κ3) is 7.91. The van der Waals surface area contributed by atoms with Crippen LogP contribution in [0.5, 0.6) is 0 Å². The SMILES string of the molecule is CC(C)CP(=S)(Cl)SC(C)(C)C. The van der Waals surface area contributed by atoms with Crippen molar-refractivity contribution < 1.29 is 0 Å². The summed E-state index contributed by atoms with van der Waals surface area (Å²) in [6, 6.07) is 0. The molecule has 0 aliphatic heterocycles. The largest absolute Gasteiger partial charge is 0.103 e. The smallest absolute Gasteiger partial charge is 0.0896 e. The van der Waals surface area contributed by atoms with Gasteiger partial charge in [0.1, 0.15) is 0 Å². The van der Waals surface area contributed by atoms with Crippen molar-refractivity contribution in [3.8, 4) is 0 Å². The maximum Gasteiger partial charge on any atom is 0.0896 e. The fraction of sp³-hybridized carbons (Fsp3) is 1.00. The molecule has 0 saturated heterocycles. The van der Waals surface area contributed by atoms with Crippen LogP contribution in [0.15, 0.2) is 0 Å². The maximum absolute atomic E-state index is 6.30. The molecule has 1 unspecified atom stereocenters. The van der Waals surface area contributed by atoms with Crippen LogP contribution in [0.2, 0.25) is 0 Å². The molecule has 0 aliphatic rings. The summed E-state index contributed by atoms with van der Waals surface area (Å²) in [5.41, 5.74) is 0. The van der Waals surface area contributed by atoms with Gasteiger partial charge in [0.05, 0.1) is 4.59 Å². The van der Waals surface area contributed by atoms with Crippen molar-refractivity contribution in [2.45, 2.75) is 39.4 Å². The molecule has 74 valence electrons. The second kappa shape index (κ2) is 4.68. The Morgan fingerprint density at radius 3 is 2.08 bits per heavy atom. The summed E-state index contributed by atoms with van der Waals surface area (Å²) in [6.45, 7) is 10.9. The summed E-state index contributed by atoms with van der Waals surface area (Å²) in [5.74, 6) is 0.614. The molecule has 0 nitrogen and oxygen atoms in total. The standard InChI is InChI=1S/C8H18ClPS2/c1-7(2)6-10(9,11)12-8(3,4)5/h7H,6H2,1-5H3. The molecule has 0 aromatic carbocycles. The molecule has 0 radical (unpaired) electrons. The highest BCUT2D eigenvalue weighted by Crippen LogP contribution is 2.68. The molecule has 0 aromatic heterocycles. The normalized spacial score (nSPS) is 17.9. The van der Waals surface area contributed by atoms with E-state index >= 15 is 0 Å². The summed E-state index contributed by atoms with van der Waals surface area (Å²) >= 11 is 13.5. The minimum atomic E-state index is -1.65. The van der Waals surface area contributed by atoms with Gasteiger partial charge in [0.25, 0.3) is 0 Å². The first kappa shape index (κ1) is 13.3. The molecule has 4 heteroatoms. The fourth-order valence-corrected chi connectivity index (χ4v) is 11.8. The average molecular weight is 245 g/mol. The molecule has 0 amide bonds. The van der Waals surface area contributed by atoms with Crippen LogP contribution in [0.1, 0.15) is 34.6 Å². The van der Waals surface area contributed by atoms with Gasteiger partial charge in [0, 0.05) is 10.9 Å². The third-order valence-electron chi connectivity index (χ3n) is 0.993. The van der Waals surface area contributed by atoms with Crippen LogP contribution in [0.4, 0.5) is 0 Å². The highest BCUT2D eigenvalue weighted by molar-refractivity contribution is 8.78. The van der Waals surface area contributed by atoms with E-state index in [2.05, 4.69) is 34.6 Å². The van der Waals surface area contributed by atoms with Crippen molar-refractivity contribution in [2.24, 2.45) is 5.92 Å². The van der Waals surface area contributed by atoms with E-state index in [-0.39, 0.29) is 4.75 Å². The molecule has 0 aromatic rings. The van der Waals surface area contributed by atoms with Gasteiger partial charge in [-0.3, -0.25) is 0 Å². The predicted octanol–water partition coefficient (Wildman–Crippen LogP) is 4.72. The first-order chi connectivity index (χ1) is 5.12. The zero-order valence-corrected chi connectivity index (χ0v) is 11.7. The number of rotatable bonds is 3. The van der Waals surface area contributed by atoms with Crippen molar-refractivity contribution in [2.75, 3.05) is 6.16 Å². The van der Waals surface area contributed by atoms with E-state index in [0.29, 0.717) is 5.92 Å². The lowest BCUT2D eigenvalue weighted by Gasteiger charge is -2.25. The van der Waals surface area contributed by atoms with E-state index in [1.54, 1.807) is 11.4 Å². The fourth-order valence-electron chi connectivity index (χ4n) is 0.882. The number of halogens is 1. The van der Waals surface area contributed by atoms with Gasteiger partial charge >= 0.3 is 0 Å². The lowest BCUT2D eigenvalue weighted by Crippen LogP contribution is -2.07. The van der Waals surface area contributed by atoms with Gasteiger partial charge in [-0.1, -0.05) is 57.7 Å². The summed E-state index contributed by atoms with van der Waals surface area (Å²) in [6.07, 6.45) is 0.992. The van der Waals surface area contributed by atoms with Crippen LogP contribution in [0, 0.1) is 5.92 Å². The van der Waals surface area contributed by atoms with Gasteiger partial charge in [-0.05, 0) is 5.92 Å². The highest BCUT2D eigenvalue weighted by atomic mass is 35.7. The molecule has 12 heavy (non-hydrogen) atoms. The summed E-state index contributed by atoms with van der Waals surface area (Å²) in [7, 11) is 0. The molecule has 0 saturated carbocycles. The molecular weight excluding hydrogens is 227 g/mol. The first-order valence-electron chi connectivity index (χ1n) is 4.12. The molecule has 0 bridgehead atoms. The molecule has 0 spiro atoms. The Hall–Kier alpha value is 1.29. The molecule has 0 N–H and O–H groups in total. The van der Waals surface area contributed by atoms with E-state index in [0.717, 1.165) is 6.16 Å². The van der Waals surface area contributed by atoms with Gasteiger partial charge in [0.15, 0.2) is 0 Å². The topological polar surface area (TPSA) is 0 Å². The van der Waals surface area contributed by atoms with E-state index in [1.165, 1.54) is 0 Å². The molecule has 1 atom stereocenters. The Morgan fingerprint density at radius 1 is 1.42 bits per heavy atom. The zero-order valence-electron chi connectivity index (χ0n) is 8.43. The monoisotopic (exact) mass is 244 g/mol. The lowest BCUT2D eigenvalue weighted by atomic mass is 10.3. The second-order valence-corrected chi connectivity index (χ2v) is 15.2. The van der Waals surface area contributed by atoms with E-state index in [4.69, 9.17) is 23.0 Å². The number of hydrogen-bond donors (Lipinski definition) is 0. The Labute approximate surface area is 90.4 Å². The molecule has 0 rings (SSSR count). The number of hydrogen-bond acceptors (Lipinski definition) is 2. The van der Waals surface area contributed by atoms with Gasteiger partial charge < -0.3 is 0 Å². The van der Waals surface area contributed by atoms with Crippen LogP contribution in [0.3, 0.4) is 0 Å². The quantitative estimate of drug-likeness (QED) is 0.659. The van der Waals surface area contributed by atoms with Crippen LogP contribution in [-0.2, 0) is 11.8 Å². The van der Waals surface area contributed by atoms with Crippen LogP contribution in [-0.4, -0.2) is 10.9 Å². The van der Waals surface area contributed by atoms with Crippen molar-refractivity contribution in [1.29, 1.82) is 0 Å². The Kier molecular flexibility index (Phi) is 5.19. The van der Waals surface area contributed by atoms with Gasteiger partial charge in [-0.2, -0.15) is 0 Å². The summed E-state index contributed by atoms with van der Waals surface area (Å²) < 4.78 is -1.45. The van der Waals surface area contributed by atoms with Crippen LogP contribution >= 0.6 is 27.2 Å². The van der Waals surface area contributed by atoms with E-state index < -0.39 is 4.59 Å². The van der Waals surface area contributed by atoms with Crippen molar-refractivity contribution in [1.82, 2.24) is 0 Å². The summed E-state index contributed by atoms with van der Waals surface area (Å²) in [4.78, 5) is 0. The average Bonchev–Trinajstić information content (AvgIpc) is 1.48. The van der Waals surface area contributed by atoms with Crippen molar-refractivity contribution in [3.05, 3.63) is 0 Å². The maximum atomic E-state index is 6.30. The lowest BCUT2D eigenvalue weighted by molar-refractivity contribution is 0.748. The van der Waals surface area contributed by atoms with Crippen molar-refractivity contribution >= 4 is 39.0 Å². The molecular formula is C8H18ClPS2. The Balaban J connectivity index is 4.15. The zero-order chi connectivity index (χ0) is 9.99. The molecule has 0 aliphatic carbocycles. The second-order valence-electron chi connectivity index (χ2n) is 4.37. The summed E-state index contributed by atoms with van der Waals surface area (Å²) in [5, 5.41) is 0. The van der Waals surface area contributed by atoms with Crippen molar-refractivity contribution in [3.63, 3.8) is 0 Å². The van der Waals surface area contributed by atoms with Crippen LogP contribution in [0.25, 0.3) is 0 Å². The van der Waals surface area contributed by atoms with Gasteiger partial charge in [0.2, 0.25) is 0 Å². The van der Waals surface area contributed by atoms with Gasteiger partial charge in [-0.25, -0.2) is 0 Å². The minimum Gasteiger partial charge on any atom is -0.103 e. The highest BCUT2D eigenvalue weighted by Gasteiger charge is 2.23. The predicted molar refractivity (Wildman–Crippen MR) is 67.2 cm³/mol. The third-order valence-corrected chi connectivity index (χ3v) is 8.04.